The van der Waals surface area contributed by atoms with Crippen molar-refractivity contribution in [3.05, 3.63) is 65.7 Å². The van der Waals surface area contributed by atoms with Crippen molar-refractivity contribution < 1.29 is 23.1 Å². The van der Waals surface area contributed by atoms with E-state index in [0.29, 0.717) is 5.56 Å². The minimum absolute atomic E-state index is 0.116. The predicted octanol–water partition coefficient (Wildman–Crippen LogP) is 2.24. The summed E-state index contributed by atoms with van der Waals surface area (Å²) in [5.74, 6) is -1.79. The van der Waals surface area contributed by atoms with Gasteiger partial charge in [-0.25, -0.2) is 0 Å². The Morgan fingerprint density at radius 1 is 1.00 bits per heavy atom. The summed E-state index contributed by atoms with van der Waals surface area (Å²) in [5, 5.41) is 2.42. The largest absolute Gasteiger partial charge is 0.434 e. The Kier molecular flexibility index (Phi) is 5.24. The van der Waals surface area contributed by atoms with Crippen LogP contribution in [0, 0.1) is 0 Å². The number of alkyl halides is 2. The number of amides is 2. The van der Waals surface area contributed by atoms with Gasteiger partial charge in [0, 0.05) is 0 Å². The molecule has 0 aliphatic heterocycles. The molecule has 1 atom stereocenters. The van der Waals surface area contributed by atoms with E-state index in [4.69, 9.17) is 5.73 Å². The molecule has 0 fully saturated rings. The highest BCUT2D eigenvalue weighted by Gasteiger charge is 2.23. The molecule has 120 valence electrons. The minimum Gasteiger partial charge on any atom is -0.434 e. The monoisotopic (exact) mass is 320 g/mol. The zero-order valence-corrected chi connectivity index (χ0v) is 11.9. The topological polar surface area (TPSA) is 81.4 Å². The molecule has 0 spiro atoms. The van der Waals surface area contributed by atoms with E-state index in [1.807, 2.05) is 0 Å². The molecule has 2 rings (SSSR count). The lowest BCUT2D eigenvalue weighted by molar-refractivity contribution is -0.120. The molecule has 2 amide bonds. The van der Waals surface area contributed by atoms with Gasteiger partial charge in [-0.1, -0.05) is 42.5 Å². The van der Waals surface area contributed by atoms with E-state index < -0.39 is 24.5 Å². The first-order valence-electron chi connectivity index (χ1n) is 6.68. The molecule has 3 N–H and O–H groups in total. The van der Waals surface area contributed by atoms with Crippen molar-refractivity contribution in [3.63, 3.8) is 0 Å². The third-order valence-corrected chi connectivity index (χ3v) is 3.04. The van der Waals surface area contributed by atoms with E-state index >= 15 is 0 Å². The van der Waals surface area contributed by atoms with E-state index in [2.05, 4.69) is 10.1 Å². The highest BCUT2D eigenvalue weighted by molar-refractivity contribution is 5.99. The van der Waals surface area contributed by atoms with Crippen LogP contribution in [0.3, 0.4) is 0 Å². The number of carbonyl (C=O) groups excluding carboxylic acids is 2. The summed E-state index contributed by atoms with van der Waals surface area (Å²) >= 11 is 0. The standard InChI is InChI=1S/C16H14F2N2O3/c17-16(18)23-12-9-5-4-8-11(12)15(22)20-13(14(19)21)10-6-2-1-3-7-10/h1-9,13,16H,(H2,19,21)(H,20,22). The second-order valence-corrected chi connectivity index (χ2v) is 4.59. The molecule has 2 aromatic rings. The molecule has 5 nitrogen and oxygen atoms in total. The molecular weight excluding hydrogens is 306 g/mol. The maximum atomic E-state index is 12.4. The quantitative estimate of drug-likeness (QED) is 0.856. The molecule has 0 aliphatic rings. The first-order valence-corrected chi connectivity index (χ1v) is 6.68. The van der Waals surface area contributed by atoms with Gasteiger partial charge in [0.2, 0.25) is 5.91 Å². The first-order chi connectivity index (χ1) is 11.0. The lowest BCUT2D eigenvalue weighted by Gasteiger charge is -2.17. The molecule has 1 unspecified atom stereocenters. The average Bonchev–Trinajstić information content (AvgIpc) is 2.53. The number of para-hydroxylation sites is 1. The van der Waals surface area contributed by atoms with Crippen LogP contribution in [0.15, 0.2) is 54.6 Å². The number of ether oxygens (including phenoxy) is 1. The van der Waals surface area contributed by atoms with Gasteiger partial charge in [-0.3, -0.25) is 9.59 Å². The number of rotatable bonds is 6. The van der Waals surface area contributed by atoms with E-state index in [1.165, 1.54) is 24.3 Å². The molecule has 0 aliphatic carbocycles. The van der Waals surface area contributed by atoms with Gasteiger partial charge in [-0.2, -0.15) is 8.78 Å². The van der Waals surface area contributed by atoms with Crippen LogP contribution in [0.1, 0.15) is 22.0 Å². The lowest BCUT2D eigenvalue weighted by Crippen LogP contribution is -2.37. The predicted molar refractivity (Wildman–Crippen MR) is 78.9 cm³/mol. The third-order valence-electron chi connectivity index (χ3n) is 3.04. The summed E-state index contributed by atoms with van der Waals surface area (Å²) in [6.07, 6.45) is 0. The average molecular weight is 320 g/mol. The van der Waals surface area contributed by atoms with Crippen molar-refractivity contribution in [1.82, 2.24) is 5.32 Å². The van der Waals surface area contributed by atoms with E-state index in [-0.39, 0.29) is 11.3 Å². The van der Waals surface area contributed by atoms with Crippen molar-refractivity contribution in [2.45, 2.75) is 12.7 Å². The lowest BCUT2D eigenvalue weighted by atomic mass is 10.1. The van der Waals surface area contributed by atoms with Crippen LogP contribution in [0.2, 0.25) is 0 Å². The van der Waals surface area contributed by atoms with Gasteiger partial charge in [-0.05, 0) is 17.7 Å². The van der Waals surface area contributed by atoms with Gasteiger partial charge >= 0.3 is 6.61 Å². The third kappa shape index (κ3) is 4.26. The highest BCUT2D eigenvalue weighted by atomic mass is 19.3. The highest BCUT2D eigenvalue weighted by Crippen LogP contribution is 2.21. The summed E-state index contributed by atoms with van der Waals surface area (Å²) in [5.41, 5.74) is 5.68. The number of hydrogen-bond acceptors (Lipinski definition) is 3. The number of primary amides is 1. The van der Waals surface area contributed by atoms with Crippen molar-refractivity contribution in [1.29, 1.82) is 0 Å². The molecule has 0 aromatic heterocycles. The Morgan fingerprint density at radius 2 is 1.61 bits per heavy atom. The number of halogens is 2. The zero-order valence-electron chi connectivity index (χ0n) is 11.9. The van der Waals surface area contributed by atoms with Gasteiger partial charge in [-0.15, -0.1) is 0 Å². The fourth-order valence-electron chi connectivity index (χ4n) is 2.03. The Labute approximate surface area is 131 Å². The number of nitrogens with two attached hydrogens (primary N) is 1. The zero-order chi connectivity index (χ0) is 16.8. The Morgan fingerprint density at radius 3 is 2.22 bits per heavy atom. The van der Waals surface area contributed by atoms with E-state index in [0.717, 1.165) is 0 Å². The summed E-state index contributed by atoms with van der Waals surface area (Å²) in [6, 6.07) is 12.8. The fourth-order valence-corrected chi connectivity index (χ4v) is 2.03. The molecule has 0 heterocycles. The van der Waals surface area contributed by atoms with Crippen LogP contribution in [-0.4, -0.2) is 18.4 Å². The Balaban J connectivity index is 2.25. The molecule has 0 radical (unpaired) electrons. The van der Waals surface area contributed by atoms with Crippen LogP contribution in [0.25, 0.3) is 0 Å². The molecule has 0 bridgehead atoms. The van der Waals surface area contributed by atoms with Gasteiger partial charge in [0.25, 0.3) is 5.91 Å². The van der Waals surface area contributed by atoms with Crippen molar-refractivity contribution in [3.8, 4) is 5.75 Å². The molecule has 7 heteroatoms. The van der Waals surface area contributed by atoms with Crippen LogP contribution in [-0.2, 0) is 4.79 Å². The van der Waals surface area contributed by atoms with Gasteiger partial charge < -0.3 is 15.8 Å². The van der Waals surface area contributed by atoms with E-state index in [1.54, 1.807) is 30.3 Å². The van der Waals surface area contributed by atoms with Gasteiger partial charge in [0.15, 0.2) is 0 Å². The van der Waals surface area contributed by atoms with Crippen LogP contribution in [0.4, 0.5) is 8.78 Å². The van der Waals surface area contributed by atoms with Crippen LogP contribution < -0.4 is 15.8 Å². The summed E-state index contributed by atoms with van der Waals surface area (Å²) < 4.78 is 29.1. The number of benzene rings is 2. The Hall–Kier alpha value is -2.96. The first kappa shape index (κ1) is 16.4. The summed E-state index contributed by atoms with van der Waals surface area (Å²) in [7, 11) is 0. The molecule has 0 saturated carbocycles. The number of hydrogen-bond donors (Lipinski definition) is 2. The number of nitrogens with one attached hydrogen (secondary N) is 1. The van der Waals surface area contributed by atoms with Gasteiger partial charge in [0.1, 0.15) is 11.8 Å². The van der Waals surface area contributed by atoms with Crippen LogP contribution in [0.5, 0.6) is 5.75 Å². The van der Waals surface area contributed by atoms with Crippen molar-refractivity contribution in [2.24, 2.45) is 5.73 Å². The fraction of sp³-hybridized carbons (Fsp3) is 0.125. The SMILES string of the molecule is NC(=O)C(NC(=O)c1ccccc1OC(F)F)c1ccccc1. The summed E-state index contributed by atoms with van der Waals surface area (Å²) in [4.78, 5) is 23.9. The van der Waals surface area contributed by atoms with Crippen molar-refractivity contribution in [2.75, 3.05) is 0 Å². The second-order valence-electron chi connectivity index (χ2n) is 4.59. The molecule has 23 heavy (non-hydrogen) atoms. The Bertz CT molecular complexity index is 693. The molecule has 2 aromatic carbocycles. The number of carbonyl (C=O) groups is 2. The van der Waals surface area contributed by atoms with Crippen LogP contribution >= 0.6 is 0 Å². The molecule has 0 saturated heterocycles. The smallest absolute Gasteiger partial charge is 0.387 e. The normalized spacial score (nSPS) is 11.8. The minimum atomic E-state index is -3.06. The maximum absolute atomic E-state index is 12.4. The molecular formula is C16H14F2N2O3. The maximum Gasteiger partial charge on any atom is 0.387 e. The second kappa shape index (κ2) is 7.35. The van der Waals surface area contributed by atoms with E-state index in [9.17, 15) is 18.4 Å². The van der Waals surface area contributed by atoms with Crippen molar-refractivity contribution >= 4 is 11.8 Å². The summed E-state index contributed by atoms with van der Waals surface area (Å²) in [6.45, 7) is -3.06. The van der Waals surface area contributed by atoms with Gasteiger partial charge in [0.05, 0.1) is 5.56 Å².